The molecule has 0 saturated heterocycles. The fourth-order valence-corrected chi connectivity index (χ4v) is 11.0. The second kappa shape index (κ2) is 10.9. The van der Waals surface area contributed by atoms with Gasteiger partial charge in [0.15, 0.2) is 0 Å². The third-order valence-electron chi connectivity index (χ3n) is 13.3. The van der Waals surface area contributed by atoms with Crippen molar-refractivity contribution in [2.75, 3.05) is 0 Å². The van der Waals surface area contributed by atoms with Crippen LogP contribution in [0.1, 0.15) is 138 Å². The molecule has 0 spiro atoms. The average Bonchev–Trinajstić information content (AvgIpc) is 3.49. The number of hydrogen-bond acceptors (Lipinski definition) is 0. The lowest BCUT2D eigenvalue weighted by atomic mass is 9.53. The SMILES string of the molecule is CCCCC1CCC(C(C)(c2ccccc2)C2C3CC(C(C)(C)C)CCC3C3CCC(C(C)(C)C)CC32)C1. The first-order valence-corrected chi connectivity index (χ1v) is 17.0. The lowest BCUT2D eigenvalue weighted by molar-refractivity contribution is 0.0326. The Labute approximate surface area is 237 Å². The molecule has 4 saturated carbocycles. The summed E-state index contributed by atoms with van der Waals surface area (Å²) in [5.74, 6) is 8.33. The van der Waals surface area contributed by atoms with Gasteiger partial charge in [-0.25, -0.2) is 0 Å². The molecule has 4 fully saturated rings. The van der Waals surface area contributed by atoms with E-state index < -0.39 is 0 Å². The minimum Gasteiger partial charge on any atom is -0.0654 e. The van der Waals surface area contributed by atoms with Crippen LogP contribution in [0.5, 0.6) is 0 Å². The fourth-order valence-electron chi connectivity index (χ4n) is 11.0. The van der Waals surface area contributed by atoms with Crippen LogP contribution >= 0.6 is 0 Å². The Morgan fingerprint density at radius 1 is 0.605 bits per heavy atom. The summed E-state index contributed by atoms with van der Waals surface area (Å²) in [5.41, 5.74) is 2.91. The van der Waals surface area contributed by atoms with Gasteiger partial charge in [0.2, 0.25) is 0 Å². The topological polar surface area (TPSA) is 0 Å². The van der Waals surface area contributed by atoms with Gasteiger partial charge in [-0.2, -0.15) is 0 Å². The Balaban J connectivity index is 1.57. The number of rotatable bonds is 6. The molecule has 1 aromatic carbocycles. The molecule has 0 N–H and O–H groups in total. The summed E-state index contributed by atoms with van der Waals surface area (Å²) in [6, 6.07) is 12.1. The summed E-state index contributed by atoms with van der Waals surface area (Å²) in [6.45, 7) is 20.4. The van der Waals surface area contributed by atoms with Gasteiger partial charge in [-0.3, -0.25) is 0 Å². The van der Waals surface area contributed by atoms with Crippen molar-refractivity contribution in [3.8, 4) is 0 Å². The van der Waals surface area contributed by atoms with Gasteiger partial charge in [0.1, 0.15) is 0 Å². The first-order valence-electron chi connectivity index (χ1n) is 17.0. The smallest absolute Gasteiger partial charge is 0.00132 e. The highest BCUT2D eigenvalue weighted by molar-refractivity contribution is 5.30. The molecule has 0 amide bonds. The highest BCUT2D eigenvalue weighted by Gasteiger charge is 2.61. The largest absolute Gasteiger partial charge is 0.0654 e. The van der Waals surface area contributed by atoms with Crippen LogP contribution < -0.4 is 0 Å². The Bertz CT molecular complexity index is 860. The Kier molecular flexibility index (Phi) is 8.24. The van der Waals surface area contributed by atoms with Gasteiger partial charge >= 0.3 is 0 Å². The predicted molar refractivity (Wildman–Crippen MR) is 165 cm³/mol. The molecule has 214 valence electrons. The van der Waals surface area contributed by atoms with E-state index in [-0.39, 0.29) is 0 Å². The first-order chi connectivity index (χ1) is 17.9. The molecule has 4 aliphatic carbocycles. The Morgan fingerprint density at radius 3 is 1.63 bits per heavy atom. The molecule has 38 heavy (non-hydrogen) atoms. The van der Waals surface area contributed by atoms with Crippen LogP contribution in [-0.4, -0.2) is 0 Å². The fraction of sp³-hybridized carbons (Fsp3) is 0.842. The zero-order valence-electron chi connectivity index (χ0n) is 26.6. The van der Waals surface area contributed by atoms with Gasteiger partial charge in [0, 0.05) is 0 Å². The number of fused-ring (bicyclic) bond motifs is 3. The summed E-state index contributed by atoms with van der Waals surface area (Å²) >= 11 is 0. The van der Waals surface area contributed by atoms with Crippen molar-refractivity contribution >= 4 is 0 Å². The number of unbranched alkanes of at least 4 members (excludes halogenated alkanes) is 1. The second-order valence-electron chi connectivity index (χ2n) is 17.1. The van der Waals surface area contributed by atoms with Crippen LogP contribution in [0, 0.1) is 64.1 Å². The van der Waals surface area contributed by atoms with Crippen LogP contribution in [0.3, 0.4) is 0 Å². The van der Waals surface area contributed by atoms with E-state index in [4.69, 9.17) is 0 Å². The molecule has 5 rings (SSSR count). The highest BCUT2D eigenvalue weighted by atomic mass is 14.7. The molecule has 0 heterocycles. The maximum atomic E-state index is 2.81. The standard InChI is InChI=1S/C38H62/c1-9-10-14-26-17-18-30(23-26)38(8,27-15-12-11-13-16-27)35-33-24-28(36(2,3)4)19-21-31(33)32-22-20-29(25-34(32)35)37(5,6)7/h11-13,15-16,26,28-35H,9-10,14,17-25H2,1-8H3. The maximum Gasteiger partial charge on any atom is -0.00132 e. The van der Waals surface area contributed by atoms with Crippen LogP contribution in [0.4, 0.5) is 0 Å². The summed E-state index contributed by atoms with van der Waals surface area (Å²) < 4.78 is 0. The molecule has 9 atom stereocenters. The zero-order chi connectivity index (χ0) is 27.3. The van der Waals surface area contributed by atoms with E-state index in [0.29, 0.717) is 16.2 Å². The van der Waals surface area contributed by atoms with Crippen molar-refractivity contribution in [3.63, 3.8) is 0 Å². The van der Waals surface area contributed by atoms with Crippen molar-refractivity contribution < 1.29 is 0 Å². The zero-order valence-corrected chi connectivity index (χ0v) is 26.6. The van der Waals surface area contributed by atoms with E-state index in [1.54, 1.807) is 5.56 Å². The predicted octanol–water partition coefficient (Wildman–Crippen LogP) is 11.3. The van der Waals surface area contributed by atoms with Crippen molar-refractivity contribution in [1.29, 1.82) is 0 Å². The minimum absolute atomic E-state index is 0.324. The van der Waals surface area contributed by atoms with Gasteiger partial charge in [-0.05, 0) is 126 Å². The molecule has 0 radical (unpaired) electrons. The van der Waals surface area contributed by atoms with E-state index in [9.17, 15) is 0 Å². The monoisotopic (exact) mass is 518 g/mol. The van der Waals surface area contributed by atoms with Crippen LogP contribution in [-0.2, 0) is 5.41 Å². The van der Waals surface area contributed by atoms with Crippen LogP contribution in [0.2, 0.25) is 0 Å². The molecule has 0 heteroatoms. The number of hydrogen-bond donors (Lipinski definition) is 0. The van der Waals surface area contributed by atoms with Gasteiger partial charge < -0.3 is 0 Å². The van der Waals surface area contributed by atoms with Gasteiger partial charge in [0.25, 0.3) is 0 Å². The molecule has 0 aliphatic heterocycles. The normalized spacial score (nSPS) is 39.4. The van der Waals surface area contributed by atoms with Crippen LogP contribution in [0.15, 0.2) is 30.3 Å². The number of benzene rings is 1. The Morgan fingerprint density at radius 2 is 1.13 bits per heavy atom. The summed E-state index contributed by atoms with van der Waals surface area (Å²) in [6.07, 6.45) is 17.7. The first kappa shape index (κ1) is 28.7. The Hall–Kier alpha value is -0.780. The lowest BCUT2D eigenvalue weighted by Crippen LogP contribution is -2.46. The molecular formula is C38H62. The van der Waals surface area contributed by atoms with Gasteiger partial charge in [-0.1, -0.05) is 111 Å². The van der Waals surface area contributed by atoms with Crippen molar-refractivity contribution in [3.05, 3.63) is 35.9 Å². The molecule has 1 aromatic rings. The van der Waals surface area contributed by atoms with E-state index >= 15 is 0 Å². The van der Waals surface area contributed by atoms with Crippen molar-refractivity contribution in [1.82, 2.24) is 0 Å². The molecule has 9 unspecified atom stereocenters. The molecule has 0 aromatic heterocycles. The summed E-state index contributed by atoms with van der Waals surface area (Å²) in [7, 11) is 0. The molecule has 0 bridgehead atoms. The van der Waals surface area contributed by atoms with Crippen molar-refractivity contribution in [2.24, 2.45) is 64.1 Å². The third kappa shape index (κ3) is 5.30. The van der Waals surface area contributed by atoms with Crippen molar-refractivity contribution in [2.45, 2.75) is 138 Å². The van der Waals surface area contributed by atoms with E-state index in [0.717, 1.165) is 53.3 Å². The van der Waals surface area contributed by atoms with Gasteiger partial charge in [0.05, 0.1) is 0 Å². The van der Waals surface area contributed by atoms with Crippen LogP contribution in [0.25, 0.3) is 0 Å². The second-order valence-corrected chi connectivity index (χ2v) is 17.1. The summed E-state index contributed by atoms with van der Waals surface area (Å²) in [5, 5.41) is 0. The minimum atomic E-state index is 0.324. The lowest BCUT2D eigenvalue weighted by Gasteiger charge is -2.51. The van der Waals surface area contributed by atoms with E-state index in [1.165, 1.54) is 77.0 Å². The highest BCUT2D eigenvalue weighted by Crippen LogP contribution is 2.67. The molecular weight excluding hydrogens is 456 g/mol. The summed E-state index contributed by atoms with van der Waals surface area (Å²) in [4.78, 5) is 0. The van der Waals surface area contributed by atoms with Gasteiger partial charge in [-0.15, -0.1) is 0 Å². The molecule has 4 aliphatic rings. The quantitative estimate of drug-likeness (QED) is 0.351. The van der Waals surface area contributed by atoms with E-state index in [2.05, 4.69) is 85.7 Å². The molecule has 0 nitrogen and oxygen atoms in total. The maximum absolute atomic E-state index is 2.81. The van der Waals surface area contributed by atoms with E-state index in [1.807, 2.05) is 0 Å². The average molecular weight is 519 g/mol. The third-order valence-corrected chi connectivity index (χ3v) is 13.3.